The summed E-state index contributed by atoms with van der Waals surface area (Å²) in [5.41, 5.74) is 4.38. The molecule has 0 amide bonds. The Morgan fingerprint density at radius 1 is 1.06 bits per heavy atom. The zero-order valence-corrected chi connectivity index (χ0v) is 11.9. The van der Waals surface area contributed by atoms with Gasteiger partial charge < -0.3 is 0 Å². The van der Waals surface area contributed by atoms with Crippen molar-refractivity contribution in [3.05, 3.63) is 34.9 Å². The third-order valence-electron chi connectivity index (χ3n) is 3.17. The Hall–Kier alpha value is -0.490. The highest BCUT2D eigenvalue weighted by Gasteiger charge is 2.23. The molecule has 16 heavy (non-hydrogen) atoms. The number of aryl methyl sites for hydroxylation is 2. The molecule has 0 aliphatic carbocycles. The van der Waals surface area contributed by atoms with E-state index in [4.69, 9.17) is 11.6 Å². The van der Waals surface area contributed by atoms with Gasteiger partial charge in [-0.3, -0.25) is 0 Å². The molecule has 0 spiro atoms. The van der Waals surface area contributed by atoms with Crippen LogP contribution in [-0.2, 0) is 6.42 Å². The Morgan fingerprint density at radius 3 is 1.94 bits per heavy atom. The summed E-state index contributed by atoms with van der Waals surface area (Å²) in [5.74, 6) is 1.27. The zero-order valence-electron chi connectivity index (χ0n) is 11.1. The van der Waals surface area contributed by atoms with Crippen LogP contribution in [0, 0.1) is 25.2 Å². The summed E-state index contributed by atoms with van der Waals surface area (Å²) in [6.07, 6.45) is 1.08. The number of halogens is 1. The Balaban J connectivity index is 2.86. The average molecular weight is 239 g/mol. The quantitative estimate of drug-likeness (QED) is 0.667. The van der Waals surface area contributed by atoms with Gasteiger partial charge >= 0.3 is 0 Å². The van der Waals surface area contributed by atoms with Gasteiger partial charge in [-0.2, -0.15) is 0 Å². The maximum absolute atomic E-state index is 6.08. The molecule has 0 nitrogen and oxygen atoms in total. The first-order chi connectivity index (χ1) is 7.32. The number of hydrogen-bond acceptors (Lipinski definition) is 0. The van der Waals surface area contributed by atoms with Crippen LogP contribution >= 0.6 is 11.6 Å². The Bertz CT molecular complexity index is 327. The van der Waals surface area contributed by atoms with Crippen LogP contribution in [0.2, 0.25) is 0 Å². The first kappa shape index (κ1) is 13.6. The summed E-state index contributed by atoms with van der Waals surface area (Å²) in [7, 11) is 0. The lowest BCUT2D eigenvalue weighted by Gasteiger charge is -2.29. The standard InChI is InChI=1S/C15H23Cl/c1-11-6-12(2)8-13(7-11)9-14(10-16)15(3,4)5/h6-8,14H,9-10H2,1-5H3. The summed E-state index contributed by atoms with van der Waals surface area (Å²) >= 11 is 6.08. The molecule has 1 aromatic carbocycles. The highest BCUT2D eigenvalue weighted by atomic mass is 35.5. The first-order valence-electron chi connectivity index (χ1n) is 5.96. The van der Waals surface area contributed by atoms with Crippen molar-refractivity contribution in [2.45, 2.75) is 41.0 Å². The monoisotopic (exact) mass is 238 g/mol. The molecule has 0 aliphatic heterocycles. The highest BCUT2D eigenvalue weighted by molar-refractivity contribution is 6.18. The van der Waals surface area contributed by atoms with E-state index in [2.05, 4.69) is 52.8 Å². The van der Waals surface area contributed by atoms with Crippen LogP contribution in [-0.4, -0.2) is 5.88 Å². The number of hydrogen-bond donors (Lipinski definition) is 0. The summed E-state index contributed by atoms with van der Waals surface area (Å²) in [5, 5.41) is 0. The average Bonchev–Trinajstić information content (AvgIpc) is 2.10. The van der Waals surface area contributed by atoms with Gasteiger partial charge in [-0.1, -0.05) is 50.1 Å². The molecule has 0 aromatic heterocycles. The Morgan fingerprint density at radius 2 is 1.56 bits per heavy atom. The van der Waals surface area contributed by atoms with E-state index in [0.29, 0.717) is 5.92 Å². The van der Waals surface area contributed by atoms with Gasteiger partial charge in [0.25, 0.3) is 0 Å². The second kappa shape index (κ2) is 5.23. The summed E-state index contributed by atoms with van der Waals surface area (Å²) in [4.78, 5) is 0. The van der Waals surface area contributed by atoms with Gasteiger partial charge in [0.2, 0.25) is 0 Å². The van der Waals surface area contributed by atoms with Gasteiger partial charge in [-0.15, -0.1) is 11.6 Å². The normalized spacial score (nSPS) is 13.9. The van der Waals surface area contributed by atoms with Crippen LogP contribution < -0.4 is 0 Å². The maximum atomic E-state index is 6.08. The van der Waals surface area contributed by atoms with Gasteiger partial charge in [0.15, 0.2) is 0 Å². The van der Waals surface area contributed by atoms with Gasteiger partial charge in [0, 0.05) is 5.88 Å². The Kier molecular flexibility index (Phi) is 4.43. The molecule has 0 fully saturated rings. The zero-order chi connectivity index (χ0) is 12.3. The SMILES string of the molecule is Cc1cc(C)cc(CC(CCl)C(C)(C)C)c1. The van der Waals surface area contributed by atoms with Crippen LogP contribution in [0.1, 0.15) is 37.5 Å². The number of benzene rings is 1. The van der Waals surface area contributed by atoms with Crippen LogP contribution in [0.4, 0.5) is 0 Å². The lowest BCUT2D eigenvalue weighted by atomic mass is 9.78. The molecule has 90 valence electrons. The second-order valence-corrected chi connectivity index (χ2v) is 6.23. The van der Waals surface area contributed by atoms with Crippen LogP contribution in [0.5, 0.6) is 0 Å². The fourth-order valence-corrected chi connectivity index (χ4v) is 2.64. The maximum Gasteiger partial charge on any atom is 0.0259 e. The fraction of sp³-hybridized carbons (Fsp3) is 0.600. The van der Waals surface area contributed by atoms with Crippen molar-refractivity contribution in [2.24, 2.45) is 11.3 Å². The molecule has 1 unspecified atom stereocenters. The van der Waals surface area contributed by atoms with Crippen LogP contribution in [0.25, 0.3) is 0 Å². The van der Waals surface area contributed by atoms with Crippen molar-refractivity contribution >= 4 is 11.6 Å². The van der Waals surface area contributed by atoms with E-state index in [0.717, 1.165) is 12.3 Å². The van der Waals surface area contributed by atoms with Crippen LogP contribution in [0.3, 0.4) is 0 Å². The molecule has 0 heterocycles. The minimum absolute atomic E-state index is 0.277. The van der Waals surface area contributed by atoms with E-state index in [1.807, 2.05) is 0 Å². The van der Waals surface area contributed by atoms with Crippen molar-refractivity contribution in [1.82, 2.24) is 0 Å². The van der Waals surface area contributed by atoms with Gasteiger partial charge in [0.05, 0.1) is 0 Å². The van der Waals surface area contributed by atoms with E-state index in [9.17, 15) is 0 Å². The smallest absolute Gasteiger partial charge is 0.0259 e. The van der Waals surface area contributed by atoms with E-state index in [1.165, 1.54) is 16.7 Å². The first-order valence-corrected chi connectivity index (χ1v) is 6.49. The van der Waals surface area contributed by atoms with Gasteiger partial charge in [0.1, 0.15) is 0 Å². The minimum atomic E-state index is 0.277. The van der Waals surface area contributed by atoms with Crippen molar-refractivity contribution < 1.29 is 0 Å². The van der Waals surface area contributed by atoms with Gasteiger partial charge in [-0.05, 0) is 37.2 Å². The summed E-state index contributed by atoms with van der Waals surface area (Å²) < 4.78 is 0. The lowest BCUT2D eigenvalue weighted by Crippen LogP contribution is -2.24. The fourth-order valence-electron chi connectivity index (χ4n) is 2.06. The van der Waals surface area contributed by atoms with Crippen molar-refractivity contribution in [3.63, 3.8) is 0 Å². The van der Waals surface area contributed by atoms with E-state index in [-0.39, 0.29) is 5.41 Å². The lowest BCUT2D eigenvalue weighted by molar-refractivity contribution is 0.264. The highest BCUT2D eigenvalue weighted by Crippen LogP contribution is 2.30. The van der Waals surface area contributed by atoms with E-state index >= 15 is 0 Å². The molecule has 1 rings (SSSR count). The molecule has 1 heteroatoms. The van der Waals surface area contributed by atoms with Crippen molar-refractivity contribution in [2.75, 3.05) is 5.88 Å². The van der Waals surface area contributed by atoms with Gasteiger partial charge in [-0.25, -0.2) is 0 Å². The topological polar surface area (TPSA) is 0 Å². The number of alkyl halides is 1. The van der Waals surface area contributed by atoms with Crippen LogP contribution in [0.15, 0.2) is 18.2 Å². The molecule has 0 N–H and O–H groups in total. The predicted molar refractivity (Wildman–Crippen MR) is 73.3 cm³/mol. The minimum Gasteiger partial charge on any atom is -0.126 e. The molecular weight excluding hydrogens is 216 g/mol. The van der Waals surface area contributed by atoms with E-state index in [1.54, 1.807) is 0 Å². The van der Waals surface area contributed by atoms with E-state index < -0.39 is 0 Å². The summed E-state index contributed by atoms with van der Waals surface area (Å²) in [6, 6.07) is 6.77. The summed E-state index contributed by atoms with van der Waals surface area (Å²) in [6.45, 7) is 11.1. The molecule has 1 atom stereocenters. The molecule has 0 bridgehead atoms. The number of rotatable bonds is 3. The molecule has 1 aromatic rings. The largest absolute Gasteiger partial charge is 0.126 e. The molecule has 0 radical (unpaired) electrons. The molecule has 0 saturated heterocycles. The molecular formula is C15H23Cl. The predicted octanol–water partition coefficient (Wildman–Crippen LogP) is 4.75. The Labute approximate surface area is 105 Å². The second-order valence-electron chi connectivity index (χ2n) is 5.92. The molecule has 0 aliphatic rings. The third-order valence-corrected chi connectivity index (χ3v) is 3.55. The van der Waals surface area contributed by atoms with Crippen molar-refractivity contribution in [1.29, 1.82) is 0 Å². The van der Waals surface area contributed by atoms with Crippen molar-refractivity contribution in [3.8, 4) is 0 Å². The molecule has 0 saturated carbocycles. The third kappa shape index (κ3) is 3.83.